The summed E-state index contributed by atoms with van der Waals surface area (Å²) in [5.41, 5.74) is 1.34. The lowest BCUT2D eigenvalue weighted by molar-refractivity contribution is 0.0303. The molecule has 2 aliphatic heterocycles. The number of amides is 2. The summed E-state index contributed by atoms with van der Waals surface area (Å²) in [5.74, 6) is 1.26. The number of morpholine rings is 1. The number of hydrogen-bond acceptors (Lipinski definition) is 4. The fraction of sp³-hybridized carbons (Fsp3) is 0.417. The van der Waals surface area contributed by atoms with Gasteiger partial charge in [0.25, 0.3) is 11.8 Å². The van der Waals surface area contributed by atoms with Crippen molar-refractivity contribution in [2.24, 2.45) is 5.92 Å². The van der Waals surface area contributed by atoms with E-state index in [-0.39, 0.29) is 11.8 Å². The largest absolute Gasteiger partial charge is 0.493 e. The van der Waals surface area contributed by atoms with Crippen molar-refractivity contribution in [1.82, 2.24) is 9.80 Å². The van der Waals surface area contributed by atoms with Gasteiger partial charge in [-0.3, -0.25) is 9.59 Å². The molecule has 0 saturated carbocycles. The Bertz CT molecular complexity index is 887. The number of rotatable bonds is 5. The van der Waals surface area contributed by atoms with E-state index in [1.54, 1.807) is 24.3 Å². The third kappa shape index (κ3) is 5.57. The van der Waals surface area contributed by atoms with Gasteiger partial charge in [-0.15, -0.1) is 0 Å². The third-order valence-corrected chi connectivity index (χ3v) is 6.13. The van der Waals surface area contributed by atoms with E-state index in [2.05, 4.69) is 0 Å². The number of halogens is 1. The lowest BCUT2D eigenvalue weighted by Crippen LogP contribution is -2.40. The first kappa shape index (κ1) is 21.7. The topological polar surface area (TPSA) is 59.1 Å². The van der Waals surface area contributed by atoms with E-state index < -0.39 is 0 Å². The zero-order valence-corrected chi connectivity index (χ0v) is 18.2. The van der Waals surface area contributed by atoms with Gasteiger partial charge in [-0.2, -0.15) is 0 Å². The lowest BCUT2D eigenvalue weighted by atomic mass is 9.97. The van der Waals surface area contributed by atoms with Crippen molar-refractivity contribution in [3.63, 3.8) is 0 Å². The summed E-state index contributed by atoms with van der Waals surface area (Å²) in [6, 6.07) is 14.4. The Hall–Kier alpha value is -2.57. The maximum Gasteiger partial charge on any atom is 0.254 e. The van der Waals surface area contributed by atoms with Crippen LogP contribution in [0.5, 0.6) is 5.75 Å². The molecule has 0 unspecified atom stereocenters. The first-order chi connectivity index (χ1) is 15.1. The van der Waals surface area contributed by atoms with E-state index in [1.165, 1.54) is 0 Å². The number of likely N-dealkylation sites (tertiary alicyclic amines) is 1. The van der Waals surface area contributed by atoms with Crippen LogP contribution in [0.25, 0.3) is 0 Å². The molecular formula is C24H27ClN2O4. The average molecular weight is 443 g/mol. The number of carbonyl (C=O) groups is 2. The summed E-state index contributed by atoms with van der Waals surface area (Å²) >= 11 is 5.90. The molecule has 31 heavy (non-hydrogen) atoms. The first-order valence-electron chi connectivity index (χ1n) is 10.7. The monoisotopic (exact) mass is 442 g/mol. The number of nitrogens with zero attached hydrogens (tertiary/aromatic N) is 2. The van der Waals surface area contributed by atoms with Crippen LogP contribution >= 0.6 is 11.6 Å². The molecule has 6 nitrogen and oxygen atoms in total. The van der Waals surface area contributed by atoms with Crippen LogP contribution in [-0.4, -0.2) is 67.6 Å². The molecule has 0 radical (unpaired) electrons. The molecule has 2 heterocycles. The number of ether oxygens (including phenoxy) is 2. The summed E-state index contributed by atoms with van der Waals surface area (Å²) < 4.78 is 11.3. The van der Waals surface area contributed by atoms with Crippen molar-refractivity contribution in [3.8, 4) is 5.75 Å². The SMILES string of the molecule is O=C(c1ccc(OCC2CCN(C(=O)c3ccc(Cl)cc3)CC2)cc1)N1CCOCC1. The summed E-state index contributed by atoms with van der Waals surface area (Å²) in [6.07, 6.45) is 1.82. The van der Waals surface area contributed by atoms with Crippen LogP contribution in [-0.2, 0) is 4.74 Å². The van der Waals surface area contributed by atoms with E-state index in [4.69, 9.17) is 21.1 Å². The minimum Gasteiger partial charge on any atom is -0.493 e. The molecule has 164 valence electrons. The van der Waals surface area contributed by atoms with Gasteiger partial charge in [-0.05, 0) is 67.3 Å². The summed E-state index contributed by atoms with van der Waals surface area (Å²) in [5, 5.41) is 0.630. The van der Waals surface area contributed by atoms with Crippen LogP contribution in [0.4, 0.5) is 0 Å². The number of benzene rings is 2. The Labute approximate surface area is 187 Å². The quantitative estimate of drug-likeness (QED) is 0.707. The molecule has 0 N–H and O–H groups in total. The molecule has 2 saturated heterocycles. The van der Waals surface area contributed by atoms with Crippen molar-refractivity contribution >= 4 is 23.4 Å². The number of piperidine rings is 1. The van der Waals surface area contributed by atoms with Crippen LogP contribution in [0.2, 0.25) is 5.02 Å². The molecule has 0 bridgehead atoms. The van der Waals surface area contributed by atoms with Gasteiger partial charge in [0.15, 0.2) is 0 Å². The van der Waals surface area contributed by atoms with Crippen LogP contribution in [0.1, 0.15) is 33.6 Å². The zero-order valence-electron chi connectivity index (χ0n) is 17.5. The van der Waals surface area contributed by atoms with Gasteiger partial charge in [0.05, 0.1) is 19.8 Å². The van der Waals surface area contributed by atoms with Gasteiger partial charge in [0, 0.05) is 42.3 Å². The molecule has 2 aromatic rings. The molecule has 7 heteroatoms. The van der Waals surface area contributed by atoms with Gasteiger partial charge >= 0.3 is 0 Å². The van der Waals surface area contributed by atoms with E-state index in [0.29, 0.717) is 55.0 Å². The Kier molecular flexibility index (Phi) is 7.10. The highest BCUT2D eigenvalue weighted by molar-refractivity contribution is 6.30. The highest BCUT2D eigenvalue weighted by Crippen LogP contribution is 2.22. The zero-order chi connectivity index (χ0) is 21.6. The Morgan fingerprint density at radius 2 is 1.35 bits per heavy atom. The summed E-state index contributed by atoms with van der Waals surface area (Å²) in [4.78, 5) is 28.8. The highest BCUT2D eigenvalue weighted by atomic mass is 35.5. The Balaban J connectivity index is 1.23. The minimum absolute atomic E-state index is 0.0348. The minimum atomic E-state index is 0.0348. The second-order valence-corrected chi connectivity index (χ2v) is 8.42. The van der Waals surface area contributed by atoms with Crippen molar-refractivity contribution in [1.29, 1.82) is 0 Å². The lowest BCUT2D eigenvalue weighted by Gasteiger charge is -2.32. The van der Waals surface area contributed by atoms with Crippen LogP contribution in [0.3, 0.4) is 0 Å². The Morgan fingerprint density at radius 1 is 0.839 bits per heavy atom. The smallest absolute Gasteiger partial charge is 0.254 e. The van der Waals surface area contributed by atoms with Gasteiger partial charge in [-0.1, -0.05) is 11.6 Å². The molecule has 0 atom stereocenters. The van der Waals surface area contributed by atoms with Gasteiger partial charge in [0.2, 0.25) is 0 Å². The number of carbonyl (C=O) groups excluding carboxylic acids is 2. The highest BCUT2D eigenvalue weighted by Gasteiger charge is 2.24. The molecule has 2 amide bonds. The van der Waals surface area contributed by atoms with E-state index in [1.807, 2.05) is 34.1 Å². The van der Waals surface area contributed by atoms with Gasteiger partial charge in [-0.25, -0.2) is 0 Å². The van der Waals surface area contributed by atoms with E-state index >= 15 is 0 Å². The standard InChI is InChI=1S/C24H27ClN2O4/c25-21-5-1-19(2-6-21)23(28)26-11-9-18(10-12-26)17-31-22-7-3-20(4-8-22)24(29)27-13-15-30-16-14-27/h1-8,18H,9-17H2. The predicted molar refractivity (Wildman–Crippen MR) is 119 cm³/mol. The van der Waals surface area contributed by atoms with E-state index in [9.17, 15) is 9.59 Å². The normalized spacial score (nSPS) is 17.5. The second kappa shape index (κ2) is 10.2. The fourth-order valence-corrected chi connectivity index (χ4v) is 4.06. The van der Waals surface area contributed by atoms with Crippen LogP contribution in [0, 0.1) is 5.92 Å². The molecule has 2 aliphatic rings. The van der Waals surface area contributed by atoms with E-state index in [0.717, 1.165) is 31.7 Å². The van der Waals surface area contributed by atoms with Crippen LogP contribution < -0.4 is 4.74 Å². The van der Waals surface area contributed by atoms with Crippen molar-refractivity contribution < 1.29 is 19.1 Å². The first-order valence-corrected chi connectivity index (χ1v) is 11.1. The van der Waals surface area contributed by atoms with Crippen molar-refractivity contribution in [3.05, 3.63) is 64.7 Å². The summed E-state index contributed by atoms with van der Waals surface area (Å²) in [7, 11) is 0. The molecular weight excluding hydrogens is 416 g/mol. The fourth-order valence-electron chi connectivity index (χ4n) is 3.93. The second-order valence-electron chi connectivity index (χ2n) is 7.98. The molecule has 2 fully saturated rings. The Morgan fingerprint density at radius 3 is 1.94 bits per heavy atom. The molecule has 0 aliphatic carbocycles. The summed E-state index contributed by atoms with van der Waals surface area (Å²) in [6.45, 7) is 4.52. The number of hydrogen-bond donors (Lipinski definition) is 0. The molecule has 4 rings (SSSR count). The van der Waals surface area contributed by atoms with Gasteiger partial charge in [0.1, 0.15) is 5.75 Å². The maximum atomic E-state index is 12.6. The van der Waals surface area contributed by atoms with Crippen molar-refractivity contribution in [2.45, 2.75) is 12.8 Å². The average Bonchev–Trinajstić information content (AvgIpc) is 2.83. The predicted octanol–water partition coefficient (Wildman–Crippen LogP) is 3.74. The van der Waals surface area contributed by atoms with Gasteiger partial charge < -0.3 is 19.3 Å². The molecule has 2 aromatic carbocycles. The third-order valence-electron chi connectivity index (χ3n) is 5.88. The van der Waals surface area contributed by atoms with Crippen molar-refractivity contribution in [2.75, 3.05) is 46.0 Å². The van der Waals surface area contributed by atoms with Crippen LogP contribution in [0.15, 0.2) is 48.5 Å². The molecule has 0 aromatic heterocycles. The maximum absolute atomic E-state index is 12.6. The molecule has 0 spiro atoms.